The second-order valence-electron chi connectivity index (χ2n) is 6.99. The van der Waals surface area contributed by atoms with Crippen LogP contribution in [0, 0.1) is 5.92 Å². The Labute approximate surface area is 190 Å². The Hall–Kier alpha value is -2.23. The van der Waals surface area contributed by atoms with Crippen molar-refractivity contribution in [2.75, 3.05) is 18.6 Å². The number of amides is 2. The van der Waals surface area contributed by atoms with Gasteiger partial charge in [0.15, 0.2) is 9.84 Å². The number of ether oxygens (including phenoxy) is 1. The zero-order valence-corrected chi connectivity index (χ0v) is 19.4. The monoisotopic (exact) mass is 482 g/mol. The second kappa shape index (κ2) is 9.93. The van der Waals surface area contributed by atoms with Crippen LogP contribution in [0.1, 0.15) is 18.5 Å². The molecule has 7 nitrogen and oxygen atoms in total. The number of rotatable bonds is 7. The van der Waals surface area contributed by atoms with Gasteiger partial charge in [-0.05, 0) is 55.1 Å². The molecule has 0 radical (unpaired) electrons. The predicted octanol–water partition coefficient (Wildman–Crippen LogP) is 3.44. The van der Waals surface area contributed by atoms with E-state index in [2.05, 4.69) is 10.6 Å². The number of nitrogens with one attached hydrogen (secondary N) is 2. The van der Waals surface area contributed by atoms with E-state index in [1.54, 1.807) is 13.0 Å². The summed E-state index contributed by atoms with van der Waals surface area (Å²) in [6.07, 6.45) is 1.92. The number of sulfone groups is 1. The lowest BCUT2D eigenvalue weighted by Gasteiger charge is -2.38. The summed E-state index contributed by atoms with van der Waals surface area (Å²) in [7, 11) is -3.81. The first-order valence-electron chi connectivity index (χ1n) is 9.61. The molecule has 3 atom stereocenters. The first kappa shape index (κ1) is 23.4. The summed E-state index contributed by atoms with van der Waals surface area (Å²) in [4.78, 5) is 26.3. The Bertz CT molecular complexity index is 1060. The van der Waals surface area contributed by atoms with Crippen molar-refractivity contribution < 1.29 is 22.7 Å². The molecule has 10 heteroatoms. The van der Waals surface area contributed by atoms with E-state index in [4.69, 9.17) is 16.3 Å². The Morgan fingerprint density at radius 3 is 2.52 bits per heavy atom. The van der Waals surface area contributed by atoms with E-state index in [0.29, 0.717) is 10.6 Å². The Morgan fingerprint density at radius 1 is 1.16 bits per heavy atom. The van der Waals surface area contributed by atoms with Crippen LogP contribution < -0.4 is 10.6 Å². The van der Waals surface area contributed by atoms with Crippen LogP contribution in [-0.4, -0.2) is 45.1 Å². The first-order chi connectivity index (χ1) is 14.7. The topological polar surface area (TPSA) is 102 Å². The summed E-state index contributed by atoms with van der Waals surface area (Å²) in [5, 5.41) is 5.78. The van der Waals surface area contributed by atoms with Gasteiger partial charge in [0.05, 0.1) is 29.3 Å². The van der Waals surface area contributed by atoms with Gasteiger partial charge in [-0.2, -0.15) is 0 Å². The molecule has 0 spiro atoms. The third-order valence-electron chi connectivity index (χ3n) is 4.98. The van der Waals surface area contributed by atoms with Crippen molar-refractivity contribution in [3.63, 3.8) is 0 Å². The number of benzene rings is 2. The summed E-state index contributed by atoms with van der Waals surface area (Å²) in [5.74, 6) is -1.97. The third-order valence-corrected chi connectivity index (χ3v) is 7.74. The fourth-order valence-electron chi connectivity index (χ4n) is 3.55. The number of hydrogen-bond donors (Lipinski definition) is 2. The van der Waals surface area contributed by atoms with E-state index in [-0.39, 0.29) is 11.5 Å². The predicted molar refractivity (Wildman–Crippen MR) is 120 cm³/mol. The molecule has 2 N–H and O–H groups in total. The molecule has 2 aromatic rings. The van der Waals surface area contributed by atoms with Crippen molar-refractivity contribution in [2.45, 2.75) is 28.8 Å². The highest BCUT2D eigenvalue weighted by molar-refractivity contribution is 7.98. The van der Waals surface area contributed by atoms with Crippen LogP contribution in [0.25, 0.3) is 0 Å². The molecule has 1 aliphatic heterocycles. The molecule has 1 fully saturated rings. The lowest BCUT2D eigenvalue weighted by molar-refractivity contribution is -0.150. The average Bonchev–Trinajstić information content (AvgIpc) is 2.73. The fraction of sp³-hybridized carbons (Fsp3) is 0.333. The second-order valence-corrected chi connectivity index (χ2v) is 10.3. The first-order valence-corrected chi connectivity index (χ1v) is 12.9. The molecule has 2 amide bonds. The van der Waals surface area contributed by atoms with Crippen LogP contribution in [0.15, 0.2) is 58.3 Å². The SMILES string of the molecule is CCOC(=O)C1C(CS(=O)(=O)c2ccc(Cl)cc2)NC(=O)NC1c1cccc(SC)c1. The summed E-state index contributed by atoms with van der Waals surface area (Å²) in [6.45, 7) is 1.81. The van der Waals surface area contributed by atoms with Crippen LogP contribution in [0.2, 0.25) is 5.02 Å². The number of carbonyl (C=O) groups is 2. The zero-order valence-electron chi connectivity index (χ0n) is 17.0. The molecule has 3 unspecified atom stereocenters. The molecule has 31 heavy (non-hydrogen) atoms. The lowest BCUT2D eigenvalue weighted by atomic mass is 9.86. The third kappa shape index (κ3) is 5.53. The molecule has 1 saturated heterocycles. The van der Waals surface area contributed by atoms with Crippen LogP contribution in [0.5, 0.6) is 0 Å². The van der Waals surface area contributed by atoms with Crippen molar-refractivity contribution in [2.24, 2.45) is 5.92 Å². The molecule has 0 aromatic heterocycles. The largest absolute Gasteiger partial charge is 0.466 e. The van der Waals surface area contributed by atoms with Gasteiger partial charge in [-0.15, -0.1) is 11.8 Å². The van der Waals surface area contributed by atoms with Crippen molar-refractivity contribution in [1.82, 2.24) is 10.6 Å². The molecule has 2 aromatic carbocycles. The normalized spacial score (nSPS) is 21.1. The molecule has 166 valence electrons. The average molecular weight is 483 g/mol. The van der Waals surface area contributed by atoms with E-state index in [1.165, 1.54) is 36.0 Å². The van der Waals surface area contributed by atoms with Crippen molar-refractivity contribution in [3.05, 3.63) is 59.1 Å². The molecule has 3 rings (SSSR count). The lowest BCUT2D eigenvalue weighted by Crippen LogP contribution is -2.60. The molecular formula is C21H23ClN2O5S2. The highest BCUT2D eigenvalue weighted by atomic mass is 35.5. The summed E-state index contributed by atoms with van der Waals surface area (Å²) in [5.41, 5.74) is 0.702. The maximum Gasteiger partial charge on any atom is 0.315 e. The van der Waals surface area contributed by atoms with E-state index in [9.17, 15) is 18.0 Å². The fourth-order valence-corrected chi connectivity index (χ4v) is 5.65. The summed E-state index contributed by atoms with van der Waals surface area (Å²) < 4.78 is 31.3. The minimum absolute atomic E-state index is 0.0632. The summed E-state index contributed by atoms with van der Waals surface area (Å²) >= 11 is 7.39. The Balaban J connectivity index is 1.99. The van der Waals surface area contributed by atoms with Gasteiger partial charge in [-0.25, -0.2) is 13.2 Å². The van der Waals surface area contributed by atoms with Crippen LogP contribution in [-0.2, 0) is 19.4 Å². The van der Waals surface area contributed by atoms with E-state index in [0.717, 1.165) is 4.90 Å². The smallest absolute Gasteiger partial charge is 0.315 e. The summed E-state index contributed by atoms with van der Waals surface area (Å²) in [6, 6.07) is 10.9. The van der Waals surface area contributed by atoms with Crippen LogP contribution >= 0.6 is 23.4 Å². The van der Waals surface area contributed by atoms with Gasteiger partial charge in [0.2, 0.25) is 0 Å². The molecule has 1 heterocycles. The van der Waals surface area contributed by atoms with Crippen LogP contribution in [0.3, 0.4) is 0 Å². The highest BCUT2D eigenvalue weighted by Gasteiger charge is 2.45. The van der Waals surface area contributed by atoms with Crippen LogP contribution in [0.4, 0.5) is 4.79 Å². The molecule has 0 bridgehead atoms. The number of thioether (sulfide) groups is 1. The number of halogens is 1. The van der Waals surface area contributed by atoms with Gasteiger partial charge in [0.25, 0.3) is 0 Å². The number of esters is 1. The maximum absolute atomic E-state index is 13.0. The van der Waals surface area contributed by atoms with Crippen molar-refractivity contribution in [3.8, 4) is 0 Å². The van der Waals surface area contributed by atoms with Gasteiger partial charge in [-0.3, -0.25) is 4.79 Å². The van der Waals surface area contributed by atoms with E-state index < -0.39 is 45.6 Å². The van der Waals surface area contributed by atoms with Gasteiger partial charge in [0.1, 0.15) is 5.92 Å². The minimum Gasteiger partial charge on any atom is -0.466 e. The Morgan fingerprint density at radius 2 is 1.87 bits per heavy atom. The zero-order chi connectivity index (χ0) is 22.6. The van der Waals surface area contributed by atoms with Crippen molar-refractivity contribution in [1.29, 1.82) is 0 Å². The van der Waals surface area contributed by atoms with E-state index in [1.807, 2.05) is 24.5 Å². The molecule has 0 aliphatic carbocycles. The maximum atomic E-state index is 13.0. The molecule has 0 saturated carbocycles. The molecule has 1 aliphatic rings. The van der Waals surface area contributed by atoms with Gasteiger partial charge < -0.3 is 15.4 Å². The van der Waals surface area contributed by atoms with Gasteiger partial charge in [-0.1, -0.05) is 23.7 Å². The quantitative estimate of drug-likeness (QED) is 0.463. The van der Waals surface area contributed by atoms with Gasteiger partial charge >= 0.3 is 12.0 Å². The Kier molecular flexibility index (Phi) is 7.51. The molecular weight excluding hydrogens is 460 g/mol. The standard InChI is InChI=1S/C21H23ClN2O5S2/c1-3-29-20(25)18-17(12-31(27,28)16-9-7-14(22)8-10-16)23-21(26)24-19(18)13-5-4-6-15(11-13)30-2/h4-11,17-19H,3,12H2,1-2H3,(H2,23,24,26). The van der Waals surface area contributed by atoms with Gasteiger partial charge in [0, 0.05) is 9.92 Å². The minimum atomic E-state index is -3.81. The number of urea groups is 1. The number of carbonyl (C=O) groups excluding carboxylic acids is 2. The van der Waals surface area contributed by atoms with E-state index >= 15 is 0 Å². The highest BCUT2D eigenvalue weighted by Crippen LogP contribution is 2.32. The number of hydrogen-bond acceptors (Lipinski definition) is 6. The van der Waals surface area contributed by atoms with Crippen molar-refractivity contribution >= 4 is 45.2 Å².